The fourth-order valence-corrected chi connectivity index (χ4v) is 4.60. The van der Waals surface area contributed by atoms with E-state index in [1.165, 1.54) is 30.5 Å². The first kappa shape index (κ1) is 15.2. The minimum absolute atomic E-state index is 0.213. The molecule has 0 aromatic heterocycles. The molecule has 2 fully saturated rings. The van der Waals surface area contributed by atoms with Crippen molar-refractivity contribution < 1.29 is 9.53 Å². The van der Waals surface area contributed by atoms with Crippen LogP contribution in [0, 0.1) is 0 Å². The molecular formula is C19H26N2O2. The Morgan fingerprint density at radius 2 is 1.91 bits per heavy atom. The summed E-state index contributed by atoms with van der Waals surface area (Å²) in [6.07, 6.45) is 4.80. The van der Waals surface area contributed by atoms with Gasteiger partial charge in [-0.15, -0.1) is 0 Å². The maximum atomic E-state index is 13.1. The predicted molar refractivity (Wildman–Crippen MR) is 89.3 cm³/mol. The molecule has 4 rings (SSSR count). The molecule has 2 atom stereocenters. The third-order valence-corrected chi connectivity index (χ3v) is 5.79. The summed E-state index contributed by atoms with van der Waals surface area (Å²) in [5.41, 5.74) is 3.25. The molecule has 3 aliphatic heterocycles. The molecule has 3 heterocycles. The van der Waals surface area contributed by atoms with Crippen molar-refractivity contribution in [2.75, 3.05) is 19.6 Å². The topological polar surface area (TPSA) is 32.8 Å². The van der Waals surface area contributed by atoms with Crippen LogP contribution in [0.3, 0.4) is 0 Å². The van der Waals surface area contributed by atoms with Crippen molar-refractivity contribution in [2.45, 2.75) is 57.9 Å². The number of benzene rings is 1. The SMILES string of the molecule is CCN1CCC[C@@H]1[C@@H]1CCCN1C(=O)c1ccc2c(c1)COC2. The van der Waals surface area contributed by atoms with Crippen LogP contribution in [0.4, 0.5) is 0 Å². The first-order chi connectivity index (χ1) is 11.3. The monoisotopic (exact) mass is 314 g/mol. The van der Waals surface area contributed by atoms with Crippen molar-refractivity contribution in [1.29, 1.82) is 0 Å². The first-order valence-corrected chi connectivity index (χ1v) is 9.02. The van der Waals surface area contributed by atoms with Gasteiger partial charge in [-0.2, -0.15) is 0 Å². The Kier molecular flexibility index (Phi) is 4.12. The zero-order valence-electron chi connectivity index (χ0n) is 14.0. The van der Waals surface area contributed by atoms with Gasteiger partial charge in [0.2, 0.25) is 0 Å². The highest BCUT2D eigenvalue weighted by Gasteiger charge is 2.39. The number of nitrogens with zero attached hydrogens (tertiary/aromatic N) is 2. The van der Waals surface area contributed by atoms with Crippen LogP contribution >= 0.6 is 0 Å². The van der Waals surface area contributed by atoms with E-state index in [9.17, 15) is 4.79 Å². The Morgan fingerprint density at radius 3 is 2.78 bits per heavy atom. The summed E-state index contributed by atoms with van der Waals surface area (Å²) in [4.78, 5) is 17.8. The summed E-state index contributed by atoms with van der Waals surface area (Å²) in [6.45, 7) is 6.76. The molecule has 0 unspecified atom stereocenters. The summed E-state index contributed by atoms with van der Waals surface area (Å²) in [5, 5.41) is 0. The van der Waals surface area contributed by atoms with E-state index in [2.05, 4.69) is 22.8 Å². The quantitative estimate of drug-likeness (QED) is 0.860. The second-order valence-corrected chi connectivity index (χ2v) is 7.02. The molecule has 4 nitrogen and oxygen atoms in total. The number of carbonyl (C=O) groups excluding carboxylic acids is 1. The number of likely N-dealkylation sites (N-methyl/N-ethyl adjacent to an activating group) is 1. The highest BCUT2D eigenvalue weighted by atomic mass is 16.5. The number of ether oxygens (including phenoxy) is 1. The van der Waals surface area contributed by atoms with Crippen LogP contribution in [-0.2, 0) is 18.0 Å². The van der Waals surface area contributed by atoms with E-state index in [4.69, 9.17) is 4.74 Å². The molecule has 1 amide bonds. The van der Waals surface area contributed by atoms with E-state index in [1.807, 2.05) is 12.1 Å². The van der Waals surface area contributed by atoms with Gasteiger partial charge in [-0.3, -0.25) is 9.69 Å². The van der Waals surface area contributed by atoms with Crippen LogP contribution in [0.15, 0.2) is 18.2 Å². The fraction of sp³-hybridized carbons (Fsp3) is 0.632. The number of fused-ring (bicyclic) bond motifs is 1. The number of hydrogen-bond acceptors (Lipinski definition) is 3. The van der Waals surface area contributed by atoms with Gasteiger partial charge in [0, 0.05) is 24.2 Å². The molecule has 1 aromatic rings. The smallest absolute Gasteiger partial charge is 0.254 e. The Hall–Kier alpha value is -1.39. The standard InChI is InChI=1S/C19H26N2O2/c1-2-20-9-3-5-17(20)18-6-4-10-21(18)19(22)14-7-8-15-12-23-13-16(15)11-14/h7-8,11,17-18H,2-6,9-10,12-13H2,1H3/t17-,18+/m1/s1. The Bertz CT molecular complexity index is 601. The van der Waals surface area contributed by atoms with Crippen LogP contribution in [0.5, 0.6) is 0 Å². The third-order valence-electron chi connectivity index (χ3n) is 5.79. The Labute approximate surface area is 138 Å². The molecule has 0 spiro atoms. The molecule has 3 aliphatic rings. The number of hydrogen-bond donors (Lipinski definition) is 0. The van der Waals surface area contributed by atoms with E-state index in [1.54, 1.807) is 0 Å². The lowest BCUT2D eigenvalue weighted by Crippen LogP contribution is -2.48. The van der Waals surface area contributed by atoms with Crippen molar-refractivity contribution in [3.8, 4) is 0 Å². The summed E-state index contributed by atoms with van der Waals surface area (Å²) >= 11 is 0. The van der Waals surface area contributed by atoms with Gasteiger partial charge in [-0.1, -0.05) is 13.0 Å². The number of likely N-dealkylation sites (tertiary alicyclic amines) is 2. The van der Waals surface area contributed by atoms with Gasteiger partial charge in [0.15, 0.2) is 0 Å². The average Bonchev–Trinajstić information content (AvgIpc) is 3.30. The van der Waals surface area contributed by atoms with E-state index >= 15 is 0 Å². The lowest BCUT2D eigenvalue weighted by atomic mass is 10.0. The zero-order chi connectivity index (χ0) is 15.8. The van der Waals surface area contributed by atoms with Crippen molar-refractivity contribution in [3.05, 3.63) is 34.9 Å². The van der Waals surface area contributed by atoms with Crippen molar-refractivity contribution in [1.82, 2.24) is 9.80 Å². The summed E-state index contributed by atoms with van der Waals surface area (Å²) in [7, 11) is 0. The largest absolute Gasteiger partial charge is 0.372 e. The van der Waals surface area contributed by atoms with E-state index in [0.717, 1.165) is 31.5 Å². The molecule has 0 N–H and O–H groups in total. The van der Waals surface area contributed by atoms with Crippen LogP contribution in [-0.4, -0.2) is 47.4 Å². The Balaban J connectivity index is 1.55. The van der Waals surface area contributed by atoms with Gasteiger partial charge < -0.3 is 9.64 Å². The molecule has 23 heavy (non-hydrogen) atoms. The summed E-state index contributed by atoms with van der Waals surface area (Å²) in [6, 6.07) is 7.05. The first-order valence-electron chi connectivity index (χ1n) is 9.02. The molecule has 124 valence electrons. The summed E-state index contributed by atoms with van der Waals surface area (Å²) in [5.74, 6) is 0.213. The minimum Gasteiger partial charge on any atom is -0.372 e. The maximum absolute atomic E-state index is 13.1. The second kappa shape index (κ2) is 6.25. The normalized spacial score (nSPS) is 27.6. The highest BCUT2D eigenvalue weighted by Crippen LogP contribution is 2.31. The highest BCUT2D eigenvalue weighted by molar-refractivity contribution is 5.95. The second-order valence-electron chi connectivity index (χ2n) is 7.02. The van der Waals surface area contributed by atoms with Crippen LogP contribution in [0.1, 0.15) is 54.1 Å². The van der Waals surface area contributed by atoms with E-state index in [-0.39, 0.29) is 5.91 Å². The molecule has 4 heteroatoms. The third kappa shape index (κ3) is 2.68. The maximum Gasteiger partial charge on any atom is 0.254 e. The zero-order valence-corrected chi connectivity index (χ0v) is 14.0. The van der Waals surface area contributed by atoms with Gasteiger partial charge in [-0.05, 0) is 62.0 Å². The average molecular weight is 314 g/mol. The predicted octanol–water partition coefficient (Wildman–Crippen LogP) is 2.81. The minimum atomic E-state index is 0.213. The molecule has 0 aliphatic carbocycles. The Morgan fingerprint density at radius 1 is 1.13 bits per heavy atom. The van der Waals surface area contributed by atoms with Crippen LogP contribution < -0.4 is 0 Å². The van der Waals surface area contributed by atoms with E-state index in [0.29, 0.717) is 25.3 Å². The number of carbonyl (C=O) groups is 1. The molecule has 0 radical (unpaired) electrons. The molecule has 2 saturated heterocycles. The number of amides is 1. The molecular weight excluding hydrogens is 288 g/mol. The fourth-order valence-electron chi connectivity index (χ4n) is 4.60. The van der Waals surface area contributed by atoms with Crippen LogP contribution in [0.25, 0.3) is 0 Å². The number of rotatable bonds is 3. The van der Waals surface area contributed by atoms with Gasteiger partial charge in [0.05, 0.1) is 13.2 Å². The van der Waals surface area contributed by atoms with Gasteiger partial charge in [-0.25, -0.2) is 0 Å². The van der Waals surface area contributed by atoms with Crippen molar-refractivity contribution in [3.63, 3.8) is 0 Å². The lowest BCUT2D eigenvalue weighted by Gasteiger charge is -2.34. The van der Waals surface area contributed by atoms with Gasteiger partial charge in [0.1, 0.15) is 0 Å². The summed E-state index contributed by atoms with van der Waals surface area (Å²) < 4.78 is 5.47. The van der Waals surface area contributed by atoms with Gasteiger partial charge >= 0.3 is 0 Å². The molecule has 1 aromatic carbocycles. The van der Waals surface area contributed by atoms with E-state index < -0.39 is 0 Å². The molecule has 0 saturated carbocycles. The van der Waals surface area contributed by atoms with Gasteiger partial charge in [0.25, 0.3) is 5.91 Å². The van der Waals surface area contributed by atoms with Crippen molar-refractivity contribution in [2.24, 2.45) is 0 Å². The lowest BCUT2D eigenvalue weighted by molar-refractivity contribution is 0.0650. The van der Waals surface area contributed by atoms with Crippen LogP contribution in [0.2, 0.25) is 0 Å². The van der Waals surface area contributed by atoms with Crippen molar-refractivity contribution >= 4 is 5.91 Å². The molecule has 0 bridgehead atoms.